The fraction of sp³-hybridized carbons (Fsp3) is 0.367. The second-order valence-corrected chi connectivity index (χ2v) is 11.0. The van der Waals surface area contributed by atoms with Gasteiger partial charge in [-0.05, 0) is 41.5 Å². The summed E-state index contributed by atoms with van der Waals surface area (Å²) >= 11 is 1.46. The molecule has 39 heavy (non-hydrogen) atoms. The minimum atomic E-state index is -0.446. The highest BCUT2D eigenvalue weighted by atomic mass is 32.2. The van der Waals surface area contributed by atoms with Gasteiger partial charge in [0.2, 0.25) is 5.91 Å². The number of carbonyl (C=O) groups is 2. The molecule has 0 bridgehead atoms. The van der Waals surface area contributed by atoms with Crippen LogP contribution in [-0.4, -0.2) is 60.1 Å². The number of aliphatic imine (C=N–C) groups is 1. The van der Waals surface area contributed by atoms with Gasteiger partial charge in [0.05, 0.1) is 36.5 Å². The van der Waals surface area contributed by atoms with Crippen molar-refractivity contribution in [3.8, 4) is 0 Å². The third-order valence-electron chi connectivity index (χ3n) is 7.48. The highest BCUT2D eigenvalue weighted by Gasteiger charge is 2.41. The van der Waals surface area contributed by atoms with E-state index in [-0.39, 0.29) is 18.1 Å². The van der Waals surface area contributed by atoms with Gasteiger partial charge in [0.1, 0.15) is 5.82 Å². The van der Waals surface area contributed by atoms with E-state index in [1.165, 1.54) is 30.5 Å². The van der Waals surface area contributed by atoms with Crippen molar-refractivity contribution in [2.24, 2.45) is 4.99 Å². The number of rotatable bonds is 6. The fourth-order valence-corrected chi connectivity index (χ4v) is 6.26. The molecule has 1 saturated heterocycles. The lowest BCUT2D eigenvalue weighted by Crippen LogP contribution is -2.49. The first-order valence-electron chi connectivity index (χ1n) is 13.2. The fourth-order valence-electron chi connectivity index (χ4n) is 5.29. The zero-order chi connectivity index (χ0) is 27.7. The predicted molar refractivity (Wildman–Crippen MR) is 153 cm³/mol. The number of anilines is 1. The lowest BCUT2D eigenvalue weighted by molar-refractivity contribution is -0.136. The van der Waals surface area contributed by atoms with Crippen LogP contribution in [0, 0.1) is 5.82 Å². The summed E-state index contributed by atoms with van der Waals surface area (Å²) in [5.41, 5.74) is 4.59. The summed E-state index contributed by atoms with van der Waals surface area (Å²) in [4.78, 5) is 36.9. The number of amides is 1. The van der Waals surface area contributed by atoms with Crippen molar-refractivity contribution < 1.29 is 18.7 Å². The Hall–Kier alpha value is -3.59. The lowest BCUT2D eigenvalue weighted by Gasteiger charge is -2.38. The van der Waals surface area contributed by atoms with E-state index in [0.717, 1.165) is 16.4 Å². The molecular formula is C30H33FN4O3S. The Morgan fingerprint density at radius 1 is 1.08 bits per heavy atom. The van der Waals surface area contributed by atoms with E-state index >= 15 is 0 Å². The molecule has 204 valence electrons. The highest BCUT2D eigenvalue weighted by molar-refractivity contribution is 8.16. The van der Waals surface area contributed by atoms with E-state index in [2.05, 4.69) is 26.0 Å². The van der Waals surface area contributed by atoms with Crippen LogP contribution >= 0.6 is 11.8 Å². The number of piperazine rings is 1. The molecule has 5 rings (SSSR count). The summed E-state index contributed by atoms with van der Waals surface area (Å²) in [6.45, 7) is 8.27. The molecule has 0 radical (unpaired) electrons. The molecule has 0 N–H and O–H groups in total. The van der Waals surface area contributed by atoms with E-state index in [4.69, 9.17) is 9.73 Å². The zero-order valence-electron chi connectivity index (χ0n) is 22.7. The minimum Gasteiger partial charge on any atom is -0.466 e. The second-order valence-electron chi connectivity index (χ2n) is 10.2. The van der Waals surface area contributed by atoms with Crippen LogP contribution in [0.5, 0.6) is 0 Å². The summed E-state index contributed by atoms with van der Waals surface area (Å²) < 4.78 is 19.4. The van der Waals surface area contributed by atoms with Gasteiger partial charge in [-0.1, -0.05) is 62.0 Å². The number of hydrogen-bond acceptors (Lipinski definition) is 7. The molecule has 1 fully saturated rings. The Kier molecular flexibility index (Phi) is 7.79. The van der Waals surface area contributed by atoms with Gasteiger partial charge in [-0.15, -0.1) is 0 Å². The quantitative estimate of drug-likeness (QED) is 0.448. The molecule has 3 aliphatic rings. The van der Waals surface area contributed by atoms with Gasteiger partial charge >= 0.3 is 5.97 Å². The largest absolute Gasteiger partial charge is 0.466 e. The third-order valence-corrected chi connectivity index (χ3v) is 8.37. The second kappa shape index (κ2) is 11.3. The van der Waals surface area contributed by atoms with Crippen LogP contribution in [0.4, 0.5) is 10.1 Å². The summed E-state index contributed by atoms with van der Waals surface area (Å²) in [7, 11) is 1.38. The first-order valence-corrected chi connectivity index (χ1v) is 14.1. The molecular weight excluding hydrogens is 515 g/mol. The average Bonchev–Trinajstić information content (AvgIpc) is 3.33. The molecule has 0 aromatic heterocycles. The molecule has 0 unspecified atom stereocenters. The van der Waals surface area contributed by atoms with Gasteiger partial charge in [0.15, 0.2) is 5.17 Å². The van der Waals surface area contributed by atoms with Gasteiger partial charge in [-0.3, -0.25) is 4.79 Å². The predicted octanol–water partition coefficient (Wildman–Crippen LogP) is 5.44. The number of nitrogens with zero attached hydrogens (tertiary/aromatic N) is 4. The number of benzene rings is 2. The third kappa shape index (κ3) is 5.32. The number of thioether (sulfide) groups is 1. The number of para-hydroxylation sites is 1. The van der Waals surface area contributed by atoms with Gasteiger partial charge in [0.25, 0.3) is 0 Å². The van der Waals surface area contributed by atoms with Gasteiger partial charge in [-0.2, -0.15) is 0 Å². The number of esters is 1. The van der Waals surface area contributed by atoms with Crippen LogP contribution < -0.4 is 4.90 Å². The number of halogens is 1. The number of allylic oxidation sites excluding steroid dienone is 1. The molecule has 3 heterocycles. The molecule has 0 spiro atoms. The topological polar surface area (TPSA) is 65.5 Å². The molecule has 9 heteroatoms. The molecule has 1 atom stereocenters. The van der Waals surface area contributed by atoms with Gasteiger partial charge < -0.3 is 19.4 Å². The Labute approximate surface area is 233 Å². The van der Waals surface area contributed by atoms with Crippen molar-refractivity contribution >= 4 is 34.5 Å². The summed E-state index contributed by atoms with van der Waals surface area (Å²) in [6.07, 6.45) is 0.180. The summed E-state index contributed by atoms with van der Waals surface area (Å²) in [5.74, 6) is -0.301. The van der Waals surface area contributed by atoms with E-state index in [1.54, 1.807) is 12.1 Å². The van der Waals surface area contributed by atoms with Crippen LogP contribution in [0.25, 0.3) is 0 Å². The van der Waals surface area contributed by atoms with Gasteiger partial charge in [0, 0.05) is 31.9 Å². The van der Waals surface area contributed by atoms with Crippen molar-refractivity contribution in [3.05, 3.63) is 87.9 Å². The smallest absolute Gasteiger partial charge is 0.338 e. The van der Waals surface area contributed by atoms with E-state index < -0.39 is 12.0 Å². The van der Waals surface area contributed by atoms with Crippen molar-refractivity contribution in [2.45, 2.75) is 39.2 Å². The Bertz CT molecular complexity index is 1360. The zero-order valence-corrected chi connectivity index (χ0v) is 23.5. The van der Waals surface area contributed by atoms with Crippen molar-refractivity contribution in [1.29, 1.82) is 0 Å². The average molecular weight is 549 g/mol. The lowest BCUT2D eigenvalue weighted by atomic mass is 9.92. The SMILES string of the molecule is COC(=O)C1=C(C)N=C2SC=C(CC(=O)N3CCN(c4ccccc4F)CC3)N2[C@H]1c1ccc(C(C)C)cc1. The minimum absolute atomic E-state index is 0.00363. The standard InChI is InChI=1S/C30H33FN4O3S/c1-19(2)21-9-11-22(12-10-21)28-27(29(37)38-4)20(3)32-30-35(28)23(18-39-30)17-26(36)34-15-13-33(14-16-34)25-8-6-5-7-24(25)31/h5-12,18-19,28H,13-17H2,1-4H3/t28-/m0/s1. The van der Waals surface area contributed by atoms with Crippen molar-refractivity contribution in [3.63, 3.8) is 0 Å². The number of fused-ring (bicyclic) bond motifs is 1. The summed E-state index contributed by atoms with van der Waals surface area (Å²) in [5, 5.41) is 2.69. The maximum Gasteiger partial charge on any atom is 0.338 e. The van der Waals surface area contributed by atoms with Crippen LogP contribution in [0.15, 0.2) is 75.9 Å². The van der Waals surface area contributed by atoms with Crippen LogP contribution in [0.1, 0.15) is 50.3 Å². The number of hydrogen-bond donors (Lipinski definition) is 0. The maximum absolute atomic E-state index is 14.3. The molecule has 2 aromatic rings. The Morgan fingerprint density at radius 2 is 1.77 bits per heavy atom. The number of amidine groups is 1. The van der Waals surface area contributed by atoms with Crippen LogP contribution in [0.2, 0.25) is 0 Å². The van der Waals surface area contributed by atoms with Crippen LogP contribution in [0.3, 0.4) is 0 Å². The molecule has 2 aromatic carbocycles. The Morgan fingerprint density at radius 3 is 2.41 bits per heavy atom. The highest BCUT2D eigenvalue weighted by Crippen LogP contribution is 2.45. The Balaban J connectivity index is 1.36. The van der Waals surface area contributed by atoms with E-state index in [9.17, 15) is 14.0 Å². The van der Waals surface area contributed by atoms with Gasteiger partial charge in [-0.25, -0.2) is 14.2 Å². The molecule has 1 amide bonds. The number of ether oxygens (including phenoxy) is 1. The molecule has 0 saturated carbocycles. The van der Waals surface area contributed by atoms with E-state index in [1.807, 2.05) is 45.2 Å². The number of carbonyl (C=O) groups excluding carboxylic acids is 2. The maximum atomic E-state index is 14.3. The molecule has 3 aliphatic heterocycles. The van der Waals surface area contributed by atoms with Crippen molar-refractivity contribution in [2.75, 3.05) is 38.2 Å². The first-order chi connectivity index (χ1) is 18.8. The molecule has 0 aliphatic carbocycles. The summed E-state index contributed by atoms with van der Waals surface area (Å²) in [6, 6.07) is 14.5. The first kappa shape index (κ1) is 27.0. The normalized spacial score (nSPS) is 19.2. The number of methoxy groups -OCH3 is 1. The van der Waals surface area contributed by atoms with Crippen LogP contribution in [-0.2, 0) is 14.3 Å². The van der Waals surface area contributed by atoms with Crippen molar-refractivity contribution in [1.82, 2.24) is 9.80 Å². The molecule has 7 nitrogen and oxygen atoms in total. The monoisotopic (exact) mass is 548 g/mol. The van der Waals surface area contributed by atoms with E-state index in [0.29, 0.717) is 49.1 Å².